The molecule has 0 saturated carbocycles. The van der Waals surface area contributed by atoms with Gasteiger partial charge in [0.2, 0.25) is 5.90 Å². The van der Waals surface area contributed by atoms with Crippen LogP contribution in [0.25, 0.3) is 6.08 Å². The van der Waals surface area contributed by atoms with Crippen LogP contribution in [0.1, 0.15) is 12.6 Å². The van der Waals surface area contributed by atoms with Gasteiger partial charge in [0.25, 0.3) is 5.91 Å². The standard InChI is InChI=1S/C10H11N3O2/c1-2-15-10-8(9(14)12-13-10)6-7-4-3-5-11-7/h3-6,11H,2H2,1H3,(H,12,14). The highest BCUT2D eigenvalue weighted by Gasteiger charge is 2.23. The number of amides is 1. The van der Waals surface area contributed by atoms with Gasteiger partial charge < -0.3 is 9.72 Å². The topological polar surface area (TPSA) is 66.5 Å². The summed E-state index contributed by atoms with van der Waals surface area (Å²) in [6.07, 6.45) is 3.49. The van der Waals surface area contributed by atoms with Crippen molar-refractivity contribution in [1.29, 1.82) is 0 Å². The van der Waals surface area contributed by atoms with Gasteiger partial charge in [-0.3, -0.25) is 4.79 Å². The Morgan fingerprint density at radius 3 is 3.13 bits per heavy atom. The molecule has 5 nitrogen and oxygen atoms in total. The first-order valence-electron chi connectivity index (χ1n) is 4.67. The van der Waals surface area contributed by atoms with Crippen LogP contribution < -0.4 is 5.43 Å². The Hall–Kier alpha value is -2.04. The number of hydrogen-bond donors (Lipinski definition) is 2. The van der Waals surface area contributed by atoms with E-state index < -0.39 is 0 Å². The molecule has 1 aliphatic rings. The number of nitrogens with zero attached hydrogens (tertiary/aromatic N) is 1. The summed E-state index contributed by atoms with van der Waals surface area (Å²) in [5.41, 5.74) is 3.64. The number of carbonyl (C=O) groups is 1. The predicted molar refractivity (Wildman–Crippen MR) is 56.0 cm³/mol. The van der Waals surface area contributed by atoms with Crippen LogP contribution in [0, 0.1) is 0 Å². The molecule has 1 amide bonds. The van der Waals surface area contributed by atoms with Crippen LogP contribution in [0.3, 0.4) is 0 Å². The van der Waals surface area contributed by atoms with Crippen LogP contribution in [-0.4, -0.2) is 23.4 Å². The molecular formula is C10H11N3O2. The van der Waals surface area contributed by atoms with Crippen molar-refractivity contribution in [3.05, 3.63) is 29.6 Å². The molecular weight excluding hydrogens is 194 g/mol. The van der Waals surface area contributed by atoms with E-state index in [0.29, 0.717) is 18.1 Å². The van der Waals surface area contributed by atoms with Crippen molar-refractivity contribution in [1.82, 2.24) is 10.4 Å². The first-order chi connectivity index (χ1) is 7.31. The van der Waals surface area contributed by atoms with E-state index in [9.17, 15) is 4.79 Å². The number of carbonyl (C=O) groups excluding carboxylic acids is 1. The van der Waals surface area contributed by atoms with Gasteiger partial charge in [0, 0.05) is 11.9 Å². The van der Waals surface area contributed by atoms with E-state index in [0.717, 1.165) is 5.69 Å². The van der Waals surface area contributed by atoms with Crippen molar-refractivity contribution in [2.75, 3.05) is 6.61 Å². The Morgan fingerprint density at radius 2 is 2.47 bits per heavy atom. The van der Waals surface area contributed by atoms with Crippen molar-refractivity contribution in [2.45, 2.75) is 6.92 Å². The minimum atomic E-state index is -0.243. The van der Waals surface area contributed by atoms with Crippen LogP contribution in [0.5, 0.6) is 0 Å². The third kappa shape index (κ3) is 1.90. The molecule has 15 heavy (non-hydrogen) atoms. The van der Waals surface area contributed by atoms with E-state index in [4.69, 9.17) is 4.74 Å². The third-order valence-electron chi connectivity index (χ3n) is 1.94. The molecule has 1 aromatic heterocycles. The Kier molecular flexibility index (Phi) is 2.53. The van der Waals surface area contributed by atoms with Gasteiger partial charge in [-0.1, -0.05) is 0 Å². The van der Waals surface area contributed by atoms with Gasteiger partial charge in [0.05, 0.1) is 6.61 Å². The van der Waals surface area contributed by atoms with Crippen LogP contribution in [0.15, 0.2) is 29.0 Å². The summed E-state index contributed by atoms with van der Waals surface area (Å²) < 4.78 is 5.22. The average molecular weight is 205 g/mol. The number of aromatic nitrogens is 1. The summed E-state index contributed by atoms with van der Waals surface area (Å²) in [4.78, 5) is 14.4. The Labute approximate surface area is 86.8 Å². The molecule has 5 heteroatoms. The Morgan fingerprint density at radius 1 is 1.60 bits per heavy atom. The zero-order chi connectivity index (χ0) is 10.7. The number of rotatable bonds is 2. The van der Waals surface area contributed by atoms with E-state index in [1.54, 1.807) is 12.3 Å². The summed E-state index contributed by atoms with van der Waals surface area (Å²) in [5.74, 6) is 0.102. The lowest BCUT2D eigenvalue weighted by molar-refractivity contribution is -0.116. The Balaban J connectivity index is 2.26. The van der Waals surface area contributed by atoms with Crippen molar-refractivity contribution in [3.8, 4) is 0 Å². The molecule has 0 fully saturated rings. The summed E-state index contributed by atoms with van der Waals surface area (Å²) >= 11 is 0. The van der Waals surface area contributed by atoms with E-state index >= 15 is 0 Å². The number of H-pyrrole nitrogens is 1. The molecule has 1 aromatic rings. The Bertz CT molecular complexity index is 418. The second-order valence-electron chi connectivity index (χ2n) is 2.97. The van der Waals surface area contributed by atoms with Crippen molar-refractivity contribution >= 4 is 17.9 Å². The summed E-state index contributed by atoms with van der Waals surface area (Å²) in [6.45, 7) is 2.33. The van der Waals surface area contributed by atoms with Crippen LogP contribution in [0.4, 0.5) is 0 Å². The molecule has 0 aliphatic carbocycles. The predicted octanol–water partition coefficient (Wildman–Crippen LogP) is 0.878. The zero-order valence-corrected chi connectivity index (χ0v) is 8.28. The zero-order valence-electron chi connectivity index (χ0n) is 8.28. The van der Waals surface area contributed by atoms with Crippen molar-refractivity contribution < 1.29 is 9.53 Å². The number of hydrazone groups is 1. The molecule has 0 radical (unpaired) electrons. The van der Waals surface area contributed by atoms with E-state index in [1.165, 1.54) is 0 Å². The molecule has 0 spiro atoms. The fourth-order valence-electron chi connectivity index (χ4n) is 1.28. The van der Waals surface area contributed by atoms with Gasteiger partial charge in [-0.2, -0.15) is 0 Å². The molecule has 2 heterocycles. The fourth-order valence-corrected chi connectivity index (χ4v) is 1.28. The highest BCUT2D eigenvalue weighted by Crippen LogP contribution is 2.11. The second kappa shape index (κ2) is 4.00. The lowest BCUT2D eigenvalue weighted by Crippen LogP contribution is -2.14. The van der Waals surface area contributed by atoms with Gasteiger partial charge in [0.1, 0.15) is 5.57 Å². The molecule has 2 N–H and O–H groups in total. The largest absolute Gasteiger partial charge is 0.476 e. The molecule has 0 bridgehead atoms. The van der Waals surface area contributed by atoms with Crippen LogP contribution in [-0.2, 0) is 9.53 Å². The lowest BCUT2D eigenvalue weighted by atomic mass is 10.2. The van der Waals surface area contributed by atoms with Crippen LogP contribution in [0.2, 0.25) is 0 Å². The minimum absolute atomic E-state index is 0.243. The maximum atomic E-state index is 11.4. The monoisotopic (exact) mass is 205 g/mol. The molecule has 0 aromatic carbocycles. The van der Waals surface area contributed by atoms with Gasteiger partial charge in [-0.05, 0) is 25.1 Å². The molecule has 0 unspecified atom stereocenters. The summed E-state index contributed by atoms with van der Waals surface area (Å²) in [5, 5.41) is 3.78. The van der Waals surface area contributed by atoms with Gasteiger partial charge in [-0.15, -0.1) is 5.10 Å². The number of nitrogens with one attached hydrogen (secondary N) is 2. The first-order valence-corrected chi connectivity index (χ1v) is 4.67. The summed E-state index contributed by atoms with van der Waals surface area (Å²) in [6, 6.07) is 3.72. The number of hydrogen-bond acceptors (Lipinski definition) is 3. The lowest BCUT2D eigenvalue weighted by Gasteiger charge is -2.00. The van der Waals surface area contributed by atoms with Crippen LogP contribution >= 0.6 is 0 Å². The van der Waals surface area contributed by atoms with E-state index in [2.05, 4.69) is 15.5 Å². The maximum Gasteiger partial charge on any atom is 0.277 e. The summed E-state index contributed by atoms with van der Waals surface area (Å²) in [7, 11) is 0. The first kappa shape index (κ1) is 9.51. The normalized spacial score (nSPS) is 17.8. The molecule has 1 aliphatic heterocycles. The third-order valence-corrected chi connectivity index (χ3v) is 1.94. The van der Waals surface area contributed by atoms with Crippen molar-refractivity contribution in [2.24, 2.45) is 5.10 Å². The number of aromatic amines is 1. The molecule has 2 rings (SSSR count). The second-order valence-corrected chi connectivity index (χ2v) is 2.97. The van der Waals surface area contributed by atoms with Gasteiger partial charge >= 0.3 is 0 Å². The quantitative estimate of drug-likeness (QED) is 0.704. The van der Waals surface area contributed by atoms with E-state index in [1.807, 2.05) is 19.1 Å². The molecule has 0 atom stereocenters. The molecule has 0 saturated heterocycles. The van der Waals surface area contributed by atoms with Crippen molar-refractivity contribution in [3.63, 3.8) is 0 Å². The average Bonchev–Trinajstić information content (AvgIpc) is 2.83. The highest BCUT2D eigenvalue weighted by atomic mass is 16.5. The minimum Gasteiger partial charge on any atom is -0.476 e. The highest BCUT2D eigenvalue weighted by molar-refractivity contribution is 6.24. The van der Waals surface area contributed by atoms with E-state index in [-0.39, 0.29) is 5.91 Å². The molecule has 78 valence electrons. The number of ether oxygens (including phenoxy) is 1. The smallest absolute Gasteiger partial charge is 0.277 e. The SMILES string of the molecule is CCOC1=NNC(=O)C1=Cc1ccc[nH]1. The fraction of sp³-hybridized carbons (Fsp3) is 0.200. The van der Waals surface area contributed by atoms with Gasteiger partial charge in [0.15, 0.2) is 0 Å². The maximum absolute atomic E-state index is 11.4. The van der Waals surface area contributed by atoms with Gasteiger partial charge in [-0.25, -0.2) is 5.43 Å².